The molecule has 1 atom stereocenters. The van der Waals surface area contributed by atoms with Crippen LogP contribution in [0.15, 0.2) is 30.3 Å². The van der Waals surface area contributed by atoms with Crippen molar-refractivity contribution in [3.05, 3.63) is 35.9 Å². The van der Waals surface area contributed by atoms with Crippen LogP contribution >= 0.6 is 0 Å². The van der Waals surface area contributed by atoms with Gasteiger partial charge in [0, 0.05) is 32.1 Å². The lowest BCUT2D eigenvalue weighted by molar-refractivity contribution is -0.132. The summed E-state index contributed by atoms with van der Waals surface area (Å²) in [6, 6.07) is 9.97. The Morgan fingerprint density at radius 2 is 1.84 bits per heavy atom. The molecule has 0 aliphatic carbocycles. The maximum Gasteiger partial charge on any atom is 0.224 e. The van der Waals surface area contributed by atoms with Gasteiger partial charge in [0.25, 0.3) is 0 Å². The summed E-state index contributed by atoms with van der Waals surface area (Å²) in [4.78, 5) is 16.2. The third-order valence-electron chi connectivity index (χ3n) is 2.88. The summed E-state index contributed by atoms with van der Waals surface area (Å²) in [5.74, 6) is 0.126. The number of amides is 1. The Hall–Kier alpha value is -1.39. The van der Waals surface area contributed by atoms with E-state index >= 15 is 0 Å². The highest BCUT2D eigenvalue weighted by molar-refractivity contribution is 5.76. The van der Waals surface area contributed by atoms with Crippen molar-refractivity contribution in [2.45, 2.75) is 25.9 Å². The van der Waals surface area contributed by atoms with E-state index < -0.39 is 0 Å². The van der Waals surface area contributed by atoms with Crippen LogP contribution < -0.4 is 5.73 Å². The van der Waals surface area contributed by atoms with Gasteiger partial charge in [0.2, 0.25) is 5.91 Å². The van der Waals surface area contributed by atoms with Gasteiger partial charge in [-0.05, 0) is 26.6 Å². The highest BCUT2D eigenvalue weighted by Crippen LogP contribution is 2.07. The highest BCUT2D eigenvalue weighted by atomic mass is 16.2. The number of likely N-dealkylation sites (N-methyl/N-ethyl adjacent to an activating group) is 1. The Kier molecular flexibility index (Phi) is 6.53. The third-order valence-corrected chi connectivity index (χ3v) is 2.88. The number of carbonyl (C=O) groups excluding carboxylic acids is 1. The van der Waals surface area contributed by atoms with Gasteiger partial charge in [-0.15, -0.1) is 0 Å². The molecule has 4 nitrogen and oxygen atoms in total. The van der Waals surface area contributed by atoms with Crippen LogP contribution in [0.3, 0.4) is 0 Å². The van der Waals surface area contributed by atoms with Crippen LogP contribution in [-0.4, -0.2) is 48.9 Å². The summed E-state index contributed by atoms with van der Waals surface area (Å²) >= 11 is 0. The number of rotatable bonds is 7. The zero-order valence-corrected chi connectivity index (χ0v) is 12.2. The fraction of sp³-hybridized carbons (Fsp3) is 0.533. The first-order valence-corrected chi connectivity index (χ1v) is 6.71. The van der Waals surface area contributed by atoms with Gasteiger partial charge >= 0.3 is 0 Å². The molecule has 0 aromatic heterocycles. The number of nitrogens with two attached hydrogens (primary N) is 1. The maximum atomic E-state index is 12.2. The van der Waals surface area contributed by atoms with Gasteiger partial charge in [-0.1, -0.05) is 30.3 Å². The van der Waals surface area contributed by atoms with Gasteiger partial charge in [-0.25, -0.2) is 0 Å². The van der Waals surface area contributed by atoms with E-state index in [1.807, 2.05) is 56.3 Å². The van der Waals surface area contributed by atoms with Crippen LogP contribution in [0.5, 0.6) is 0 Å². The molecule has 1 aromatic rings. The first-order valence-electron chi connectivity index (χ1n) is 6.71. The summed E-state index contributed by atoms with van der Waals surface area (Å²) in [6.45, 7) is 4.11. The molecule has 0 radical (unpaired) electrons. The molecule has 0 aliphatic heterocycles. The van der Waals surface area contributed by atoms with Gasteiger partial charge in [0.05, 0.1) is 0 Å². The predicted octanol–water partition coefficient (Wildman–Crippen LogP) is 1.31. The van der Waals surface area contributed by atoms with Crippen molar-refractivity contribution in [3.8, 4) is 0 Å². The molecule has 4 heteroatoms. The molecule has 0 fully saturated rings. The van der Waals surface area contributed by atoms with E-state index in [-0.39, 0.29) is 11.9 Å². The Bertz CT molecular complexity index is 376. The molecule has 0 spiro atoms. The fourth-order valence-corrected chi connectivity index (χ4v) is 1.82. The van der Waals surface area contributed by atoms with Crippen LogP contribution in [-0.2, 0) is 11.3 Å². The molecular formula is C15H25N3O. The normalized spacial score (nSPS) is 12.5. The standard InChI is InChI=1S/C15H25N3O/c1-13(16)11-15(19)18(10-9-17(2)3)12-14-7-5-4-6-8-14/h4-8,13H,9-12,16H2,1-3H3. The zero-order valence-electron chi connectivity index (χ0n) is 12.2. The zero-order chi connectivity index (χ0) is 14.3. The summed E-state index contributed by atoms with van der Waals surface area (Å²) in [5.41, 5.74) is 6.87. The molecular weight excluding hydrogens is 238 g/mol. The molecule has 0 aliphatic rings. The van der Waals surface area contributed by atoms with Gasteiger partial charge < -0.3 is 15.5 Å². The van der Waals surface area contributed by atoms with E-state index in [0.29, 0.717) is 13.0 Å². The number of carbonyl (C=O) groups is 1. The number of nitrogens with zero attached hydrogens (tertiary/aromatic N) is 2. The van der Waals surface area contributed by atoms with Gasteiger partial charge in [0.1, 0.15) is 0 Å². The lowest BCUT2D eigenvalue weighted by Crippen LogP contribution is -2.38. The van der Waals surface area contributed by atoms with Gasteiger partial charge in [-0.3, -0.25) is 4.79 Å². The first kappa shape index (κ1) is 15.7. The summed E-state index contributed by atoms with van der Waals surface area (Å²) < 4.78 is 0. The molecule has 19 heavy (non-hydrogen) atoms. The van der Waals surface area contributed by atoms with Crippen molar-refractivity contribution in [1.82, 2.24) is 9.80 Å². The molecule has 0 saturated carbocycles. The van der Waals surface area contributed by atoms with Crippen LogP contribution in [0.2, 0.25) is 0 Å². The molecule has 1 rings (SSSR count). The maximum absolute atomic E-state index is 12.2. The van der Waals surface area contributed by atoms with E-state index in [9.17, 15) is 4.79 Å². The second-order valence-corrected chi connectivity index (χ2v) is 5.29. The van der Waals surface area contributed by atoms with E-state index in [1.54, 1.807) is 0 Å². The highest BCUT2D eigenvalue weighted by Gasteiger charge is 2.15. The third kappa shape index (κ3) is 6.36. The Morgan fingerprint density at radius 3 is 2.37 bits per heavy atom. The van der Waals surface area contributed by atoms with Gasteiger partial charge in [0.15, 0.2) is 0 Å². The predicted molar refractivity (Wildman–Crippen MR) is 78.7 cm³/mol. The molecule has 1 amide bonds. The lowest BCUT2D eigenvalue weighted by atomic mass is 10.2. The topological polar surface area (TPSA) is 49.6 Å². The van der Waals surface area contributed by atoms with Gasteiger partial charge in [-0.2, -0.15) is 0 Å². The van der Waals surface area contributed by atoms with Crippen LogP contribution in [0.25, 0.3) is 0 Å². The molecule has 0 saturated heterocycles. The van der Waals surface area contributed by atoms with Crippen molar-refractivity contribution in [2.75, 3.05) is 27.2 Å². The molecule has 1 aromatic carbocycles. The second kappa shape index (κ2) is 7.92. The quantitative estimate of drug-likeness (QED) is 0.807. The molecule has 2 N–H and O–H groups in total. The van der Waals surface area contributed by atoms with Crippen LogP contribution in [0.4, 0.5) is 0 Å². The Labute approximate surface area is 116 Å². The van der Waals surface area contributed by atoms with E-state index in [4.69, 9.17) is 5.73 Å². The molecule has 1 unspecified atom stereocenters. The number of hydrogen-bond acceptors (Lipinski definition) is 3. The minimum atomic E-state index is -0.0925. The van der Waals surface area contributed by atoms with Crippen molar-refractivity contribution in [3.63, 3.8) is 0 Å². The Morgan fingerprint density at radius 1 is 1.21 bits per heavy atom. The minimum Gasteiger partial charge on any atom is -0.337 e. The number of hydrogen-bond donors (Lipinski definition) is 1. The lowest BCUT2D eigenvalue weighted by Gasteiger charge is -2.25. The average molecular weight is 263 g/mol. The largest absolute Gasteiger partial charge is 0.337 e. The summed E-state index contributed by atoms with van der Waals surface area (Å²) in [6.07, 6.45) is 0.403. The monoisotopic (exact) mass is 263 g/mol. The van der Waals surface area contributed by atoms with E-state index in [2.05, 4.69) is 4.90 Å². The first-order chi connectivity index (χ1) is 8.99. The second-order valence-electron chi connectivity index (χ2n) is 5.29. The fourth-order valence-electron chi connectivity index (χ4n) is 1.82. The SMILES string of the molecule is CC(N)CC(=O)N(CCN(C)C)Cc1ccccc1. The van der Waals surface area contributed by atoms with Crippen molar-refractivity contribution >= 4 is 5.91 Å². The van der Waals surface area contributed by atoms with Crippen molar-refractivity contribution < 1.29 is 4.79 Å². The van der Waals surface area contributed by atoms with Crippen molar-refractivity contribution in [2.24, 2.45) is 5.73 Å². The van der Waals surface area contributed by atoms with E-state index in [1.165, 1.54) is 0 Å². The molecule has 0 bridgehead atoms. The smallest absolute Gasteiger partial charge is 0.224 e. The van der Waals surface area contributed by atoms with Crippen molar-refractivity contribution in [1.29, 1.82) is 0 Å². The number of benzene rings is 1. The van der Waals surface area contributed by atoms with E-state index in [0.717, 1.165) is 18.7 Å². The summed E-state index contributed by atoms with van der Waals surface area (Å²) in [5, 5.41) is 0. The van der Waals surface area contributed by atoms with Crippen LogP contribution in [0.1, 0.15) is 18.9 Å². The summed E-state index contributed by atoms with van der Waals surface area (Å²) in [7, 11) is 4.02. The Balaban J connectivity index is 2.65. The van der Waals surface area contributed by atoms with Crippen LogP contribution in [0, 0.1) is 0 Å². The molecule has 0 heterocycles. The average Bonchev–Trinajstić information content (AvgIpc) is 2.34. The minimum absolute atomic E-state index is 0.0925. The molecule has 106 valence electrons.